The summed E-state index contributed by atoms with van der Waals surface area (Å²) in [4.78, 5) is 18.3. The molecule has 100 valence electrons. The van der Waals surface area contributed by atoms with Crippen molar-refractivity contribution in [3.05, 3.63) is 35.8 Å². The minimum atomic E-state index is 0.388. The van der Waals surface area contributed by atoms with Gasteiger partial charge >= 0.3 is 0 Å². The first-order valence-corrected chi connectivity index (χ1v) is 6.89. The monoisotopic (exact) mass is 257 g/mol. The summed E-state index contributed by atoms with van der Waals surface area (Å²) in [6, 6.07) is 6.57. The number of rotatable bonds is 3. The number of aromatic nitrogens is 2. The van der Waals surface area contributed by atoms with Gasteiger partial charge in [-0.25, -0.2) is 4.98 Å². The van der Waals surface area contributed by atoms with Crippen LogP contribution in [0.4, 0.5) is 0 Å². The first kappa shape index (κ1) is 12.4. The number of imidazole rings is 1. The zero-order valence-corrected chi connectivity index (χ0v) is 11.4. The van der Waals surface area contributed by atoms with Crippen LogP contribution in [-0.4, -0.2) is 33.2 Å². The van der Waals surface area contributed by atoms with E-state index in [2.05, 4.69) is 18.7 Å². The smallest absolute Gasteiger partial charge is 0.166 e. The lowest BCUT2D eigenvalue weighted by Gasteiger charge is -2.26. The van der Waals surface area contributed by atoms with Gasteiger partial charge in [-0.3, -0.25) is 14.1 Å². The summed E-state index contributed by atoms with van der Waals surface area (Å²) in [7, 11) is 0. The Balaban J connectivity index is 2.04. The molecule has 3 heterocycles. The predicted octanol–water partition coefficient (Wildman–Crippen LogP) is 2.69. The van der Waals surface area contributed by atoms with E-state index in [1.807, 2.05) is 28.8 Å². The Morgan fingerprint density at radius 3 is 3.00 bits per heavy atom. The fraction of sp³-hybridized carbons (Fsp3) is 0.467. The van der Waals surface area contributed by atoms with E-state index < -0.39 is 0 Å². The van der Waals surface area contributed by atoms with Crippen molar-refractivity contribution in [3.63, 3.8) is 0 Å². The lowest BCUT2D eigenvalue weighted by atomic mass is 10.1. The maximum Gasteiger partial charge on any atom is 0.166 e. The van der Waals surface area contributed by atoms with Gasteiger partial charge in [-0.2, -0.15) is 0 Å². The van der Waals surface area contributed by atoms with Crippen molar-refractivity contribution < 1.29 is 4.79 Å². The van der Waals surface area contributed by atoms with E-state index >= 15 is 0 Å². The van der Waals surface area contributed by atoms with Gasteiger partial charge < -0.3 is 0 Å². The van der Waals surface area contributed by atoms with Gasteiger partial charge in [-0.1, -0.05) is 6.07 Å². The molecule has 1 aliphatic heterocycles. The second-order valence-corrected chi connectivity index (χ2v) is 5.45. The molecule has 0 aliphatic carbocycles. The van der Waals surface area contributed by atoms with Crippen molar-refractivity contribution >= 4 is 11.9 Å². The summed E-state index contributed by atoms with van der Waals surface area (Å²) in [5, 5.41) is 0. The average Bonchev–Trinajstić information content (AvgIpc) is 3.03. The Morgan fingerprint density at radius 1 is 1.42 bits per heavy atom. The molecule has 0 N–H and O–H groups in total. The largest absolute Gasteiger partial charge is 0.297 e. The van der Waals surface area contributed by atoms with Gasteiger partial charge in [0.15, 0.2) is 6.29 Å². The van der Waals surface area contributed by atoms with E-state index in [1.165, 1.54) is 6.42 Å². The summed E-state index contributed by atoms with van der Waals surface area (Å²) < 4.78 is 1.89. The molecule has 19 heavy (non-hydrogen) atoms. The van der Waals surface area contributed by atoms with Crippen LogP contribution >= 0.6 is 0 Å². The van der Waals surface area contributed by atoms with Gasteiger partial charge in [0, 0.05) is 12.2 Å². The summed E-state index contributed by atoms with van der Waals surface area (Å²) in [5.41, 5.74) is 2.60. The fourth-order valence-corrected chi connectivity index (χ4v) is 3.03. The zero-order chi connectivity index (χ0) is 13.4. The van der Waals surface area contributed by atoms with Crippen molar-refractivity contribution in [2.75, 3.05) is 6.54 Å². The third-order valence-corrected chi connectivity index (χ3v) is 3.96. The van der Waals surface area contributed by atoms with E-state index in [4.69, 9.17) is 4.98 Å². The summed E-state index contributed by atoms with van der Waals surface area (Å²) in [6.07, 6.45) is 5.27. The highest BCUT2D eigenvalue weighted by Crippen LogP contribution is 2.33. The number of aldehydes is 1. The van der Waals surface area contributed by atoms with Crippen molar-refractivity contribution in [3.8, 4) is 0 Å². The number of hydrogen-bond donors (Lipinski definition) is 0. The number of carbonyl (C=O) groups excluding carboxylic acids is 1. The lowest BCUT2D eigenvalue weighted by Crippen LogP contribution is -2.30. The van der Waals surface area contributed by atoms with Crippen LogP contribution in [0.25, 0.3) is 5.65 Å². The van der Waals surface area contributed by atoms with Gasteiger partial charge in [-0.15, -0.1) is 0 Å². The Bertz CT molecular complexity index is 602. The molecule has 0 saturated carbocycles. The van der Waals surface area contributed by atoms with Crippen LogP contribution in [0.1, 0.15) is 48.9 Å². The molecule has 2 aromatic heterocycles. The average molecular weight is 257 g/mol. The molecule has 1 unspecified atom stereocenters. The fourth-order valence-electron chi connectivity index (χ4n) is 3.03. The van der Waals surface area contributed by atoms with Crippen molar-refractivity contribution in [2.45, 2.75) is 38.8 Å². The van der Waals surface area contributed by atoms with Crippen LogP contribution in [0.2, 0.25) is 0 Å². The highest BCUT2D eigenvalue weighted by molar-refractivity contribution is 5.73. The van der Waals surface area contributed by atoms with E-state index in [0.29, 0.717) is 17.8 Å². The van der Waals surface area contributed by atoms with Crippen LogP contribution in [-0.2, 0) is 0 Å². The van der Waals surface area contributed by atoms with Crippen molar-refractivity contribution in [2.24, 2.45) is 0 Å². The molecule has 3 rings (SSSR count). The second-order valence-electron chi connectivity index (χ2n) is 5.45. The third-order valence-electron chi connectivity index (χ3n) is 3.96. The summed E-state index contributed by atoms with van der Waals surface area (Å²) in [5.74, 6) is 0. The molecule has 0 spiro atoms. The molecule has 1 fully saturated rings. The molecule has 1 aliphatic rings. The molecule has 1 atom stereocenters. The Kier molecular flexibility index (Phi) is 3.11. The standard InChI is InChI=1S/C15H19N3O/c1-11(2)17-8-4-6-14(17)13-9-18-12(10-19)5-3-7-15(18)16-13/h3,5,7,9-11,14H,4,6,8H2,1-2H3. The van der Waals surface area contributed by atoms with Gasteiger partial charge in [-0.05, 0) is 45.4 Å². The van der Waals surface area contributed by atoms with Gasteiger partial charge in [0.25, 0.3) is 0 Å². The molecule has 0 radical (unpaired) electrons. The molecule has 4 nitrogen and oxygen atoms in total. The minimum absolute atomic E-state index is 0.388. The highest BCUT2D eigenvalue weighted by atomic mass is 16.1. The molecule has 1 saturated heterocycles. The van der Waals surface area contributed by atoms with Gasteiger partial charge in [0.2, 0.25) is 0 Å². The third kappa shape index (κ3) is 2.06. The Morgan fingerprint density at radius 2 is 2.26 bits per heavy atom. The van der Waals surface area contributed by atoms with Gasteiger partial charge in [0.1, 0.15) is 5.65 Å². The van der Waals surface area contributed by atoms with Crippen molar-refractivity contribution in [1.82, 2.24) is 14.3 Å². The quantitative estimate of drug-likeness (QED) is 0.793. The van der Waals surface area contributed by atoms with Crippen LogP contribution < -0.4 is 0 Å². The van der Waals surface area contributed by atoms with E-state index in [-0.39, 0.29) is 0 Å². The maximum absolute atomic E-state index is 11.1. The van der Waals surface area contributed by atoms with Gasteiger partial charge in [0.05, 0.1) is 17.4 Å². The van der Waals surface area contributed by atoms with E-state index in [9.17, 15) is 4.79 Å². The maximum atomic E-state index is 11.1. The first-order valence-electron chi connectivity index (χ1n) is 6.89. The number of carbonyl (C=O) groups is 1. The Labute approximate surface area is 113 Å². The molecular formula is C15H19N3O. The summed E-state index contributed by atoms with van der Waals surface area (Å²) in [6.45, 7) is 5.59. The van der Waals surface area contributed by atoms with Crippen LogP contribution in [0.3, 0.4) is 0 Å². The van der Waals surface area contributed by atoms with Crippen molar-refractivity contribution in [1.29, 1.82) is 0 Å². The number of likely N-dealkylation sites (tertiary alicyclic amines) is 1. The molecule has 0 bridgehead atoms. The number of nitrogens with zero attached hydrogens (tertiary/aromatic N) is 3. The van der Waals surface area contributed by atoms with E-state index in [0.717, 1.165) is 30.6 Å². The topological polar surface area (TPSA) is 37.6 Å². The second kappa shape index (κ2) is 4.78. The molecular weight excluding hydrogens is 238 g/mol. The number of hydrogen-bond acceptors (Lipinski definition) is 3. The predicted molar refractivity (Wildman–Crippen MR) is 74.4 cm³/mol. The minimum Gasteiger partial charge on any atom is -0.297 e. The highest BCUT2D eigenvalue weighted by Gasteiger charge is 2.29. The Hall–Kier alpha value is -1.68. The summed E-state index contributed by atoms with van der Waals surface area (Å²) >= 11 is 0. The zero-order valence-electron chi connectivity index (χ0n) is 11.4. The molecule has 2 aromatic rings. The normalized spacial score (nSPS) is 20.5. The molecule has 4 heteroatoms. The number of pyridine rings is 1. The first-order chi connectivity index (χ1) is 9.20. The SMILES string of the molecule is CC(C)N1CCCC1c1cn2c(C=O)cccc2n1. The number of fused-ring (bicyclic) bond motifs is 1. The van der Waals surface area contributed by atoms with Crippen LogP contribution in [0.15, 0.2) is 24.4 Å². The molecule has 0 aromatic carbocycles. The van der Waals surface area contributed by atoms with Crippen LogP contribution in [0.5, 0.6) is 0 Å². The van der Waals surface area contributed by atoms with E-state index in [1.54, 1.807) is 0 Å². The lowest BCUT2D eigenvalue weighted by molar-refractivity contribution is 0.111. The molecule has 0 amide bonds. The van der Waals surface area contributed by atoms with Crippen LogP contribution in [0, 0.1) is 0 Å².